The summed E-state index contributed by atoms with van der Waals surface area (Å²) in [6.07, 6.45) is 4.71. The van der Waals surface area contributed by atoms with Crippen molar-refractivity contribution in [1.82, 2.24) is 24.8 Å². The molecule has 2 amide bonds. The highest BCUT2D eigenvalue weighted by Crippen LogP contribution is 2.33. The number of methoxy groups -OCH3 is 1. The number of benzene rings is 1. The van der Waals surface area contributed by atoms with Crippen LogP contribution in [-0.4, -0.2) is 76.4 Å². The van der Waals surface area contributed by atoms with Crippen LogP contribution in [0.2, 0.25) is 0 Å². The number of carbonyl (C=O) groups is 3. The smallest absolute Gasteiger partial charge is 0.328 e. The highest BCUT2D eigenvalue weighted by molar-refractivity contribution is 5.96. The van der Waals surface area contributed by atoms with Crippen LogP contribution in [0, 0.1) is 0 Å². The number of aryl methyl sites for hydroxylation is 1. The van der Waals surface area contributed by atoms with Crippen LogP contribution in [-0.2, 0) is 20.9 Å². The number of amides is 2. The number of furan rings is 1. The Morgan fingerprint density at radius 2 is 2.03 bits per heavy atom. The maximum absolute atomic E-state index is 13.1. The fourth-order valence-corrected chi connectivity index (χ4v) is 4.25. The monoisotopic (exact) mass is 453 g/mol. The minimum absolute atomic E-state index is 0.0496. The van der Waals surface area contributed by atoms with Gasteiger partial charge in [-0.2, -0.15) is 0 Å². The van der Waals surface area contributed by atoms with Gasteiger partial charge in [0.25, 0.3) is 5.91 Å². The van der Waals surface area contributed by atoms with Gasteiger partial charge in [-0.15, -0.1) is 5.10 Å². The molecule has 10 heteroatoms. The van der Waals surface area contributed by atoms with Gasteiger partial charge in [0.05, 0.1) is 19.9 Å². The van der Waals surface area contributed by atoms with E-state index in [1.165, 1.54) is 12.0 Å². The van der Waals surface area contributed by atoms with E-state index >= 15 is 0 Å². The topological polar surface area (TPSA) is 111 Å². The van der Waals surface area contributed by atoms with Gasteiger partial charge in [0.1, 0.15) is 11.6 Å². The largest absolute Gasteiger partial charge is 0.467 e. The van der Waals surface area contributed by atoms with Crippen LogP contribution in [0.15, 0.2) is 41.1 Å². The van der Waals surface area contributed by atoms with Crippen LogP contribution in [0.3, 0.4) is 0 Å². The molecule has 0 N–H and O–H groups in total. The second-order valence-electron chi connectivity index (χ2n) is 8.38. The van der Waals surface area contributed by atoms with Crippen molar-refractivity contribution in [3.05, 3.63) is 48.0 Å². The third-order valence-corrected chi connectivity index (χ3v) is 6.03. The Kier molecular flexibility index (Phi) is 6.43. The number of piperidine rings is 1. The van der Waals surface area contributed by atoms with E-state index in [1.807, 2.05) is 18.2 Å². The molecule has 174 valence electrons. The number of aromatic nitrogens is 3. The Labute approximate surface area is 191 Å². The van der Waals surface area contributed by atoms with Crippen LogP contribution in [0.5, 0.6) is 0 Å². The lowest BCUT2D eigenvalue weighted by molar-refractivity contribution is -0.155. The lowest BCUT2D eigenvalue weighted by Gasteiger charge is -2.38. The van der Waals surface area contributed by atoms with Crippen molar-refractivity contribution in [1.29, 1.82) is 0 Å². The predicted octanol–water partition coefficient (Wildman–Crippen LogP) is 2.06. The van der Waals surface area contributed by atoms with Crippen molar-refractivity contribution >= 4 is 28.8 Å². The molecule has 0 spiro atoms. The number of nitrogens with zero attached hydrogens (tertiary/aromatic N) is 5. The van der Waals surface area contributed by atoms with E-state index in [-0.39, 0.29) is 29.9 Å². The summed E-state index contributed by atoms with van der Waals surface area (Å²) < 4.78 is 12.2. The van der Waals surface area contributed by atoms with Gasteiger partial charge in [-0.05, 0) is 36.6 Å². The van der Waals surface area contributed by atoms with Gasteiger partial charge in [-0.3, -0.25) is 14.3 Å². The first kappa shape index (κ1) is 22.5. The fraction of sp³-hybridized carbons (Fsp3) is 0.435. The van der Waals surface area contributed by atoms with Crippen molar-refractivity contribution in [2.24, 2.45) is 0 Å². The van der Waals surface area contributed by atoms with Gasteiger partial charge >= 0.3 is 5.97 Å². The molecule has 10 nitrogen and oxygen atoms in total. The highest BCUT2D eigenvalue weighted by Gasteiger charge is 2.37. The van der Waals surface area contributed by atoms with Gasteiger partial charge < -0.3 is 19.0 Å². The van der Waals surface area contributed by atoms with Crippen molar-refractivity contribution in [2.45, 2.75) is 37.8 Å². The van der Waals surface area contributed by atoms with E-state index in [2.05, 4.69) is 10.3 Å². The van der Waals surface area contributed by atoms with E-state index in [1.54, 1.807) is 42.1 Å². The van der Waals surface area contributed by atoms with E-state index in [9.17, 15) is 14.4 Å². The average Bonchev–Trinajstić information content (AvgIpc) is 3.50. The van der Waals surface area contributed by atoms with Crippen LogP contribution in [0.25, 0.3) is 11.0 Å². The number of likely N-dealkylation sites (tertiary alicyclic amines) is 1. The van der Waals surface area contributed by atoms with Crippen LogP contribution >= 0.6 is 0 Å². The number of esters is 1. The minimum Gasteiger partial charge on any atom is -0.467 e. The normalized spacial score (nSPS) is 18.3. The molecular formula is C23H27N5O5. The van der Waals surface area contributed by atoms with Crippen LogP contribution < -0.4 is 0 Å². The second-order valence-corrected chi connectivity index (χ2v) is 8.38. The average molecular weight is 453 g/mol. The SMILES string of the molecule is COC(=O)[C@@H]1CC[C@H](c2ccc3oc(C(=O)N(C)C)cc3c2)CN1C(=O)CCn1ccnn1. The van der Waals surface area contributed by atoms with E-state index in [4.69, 9.17) is 9.15 Å². The number of carbonyl (C=O) groups excluding carboxylic acids is 3. The Bertz CT molecular complexity index is 1150. The Hall–Kier alpha value is -3.69. The molecule has 3 heterocycles. The molecule has 0 saturated carbocycles. The summed E-state index contributed by atoms with van der Waals surface area (Å²) in [4.78, 5) is 40.7. The molecule has 1 saturated heterocycles. The molecular weight excluding hydrogens is 426 g/mol. The number of ether oxygens (including phenoxy) is 1. The summed E-state index contributed by atoms with van der Waals surface area (Å²) in [6.45, 7) is 0.792. The third-order valence-electron chi connectivity index (χ3n) is 6.03. The van der Waals surface area contributed by atoms with Crippen molar-refractivity contribution < 1.29 is 23.5 Å². The molecule has 2 atom stereocenters. The molecule has 4 rings (SSSR count). The molecule has 1 aromatic carbocycles. The molecule has 1 aliphatic heterocycles. The second kappa shape index (κ2) is 9.43. The maximum Gasteiger partial charge on any atom is 0.328 e. The van der Waals surface area contributed by atoms with Gasteiger partial charge in [0.2, 0.25) is 5.91 Å². The van der Waals surface area contributed by atoms with Gasteiger partial charge in [0.15, 0.2) is 5.76 Å². The van der Waals surface area contributed by atoms with Crippen molar-refractivity contribution in [3.63, 3.8) is 0 Å². The van der Waals surface area contributed by atoms with Gasteiger partial charge in [-0.25, -0.2) is 4.79 Å². The van der Waals surface area contributed by atoms with Gasteiger partial charge in [0, 0.05) is 44.6 Å². The molecule has 3 aromatic rings. The number of rotatable bonds is 6. The molecule has 1 aliphatic rings. The Morgan fingerprint density at radius 1 is 1.21 bits per heavy atom. The zero-order valence-electron chi connectivity index (χ0n) is 18.9. The summed E-state index contributed by atoms with van der Waals surface area (Å²) >= 11 is 0. The summed E-state index contributed by atoms with van der Waals surface area (Å²) in [5.41, 5.74) is 1.66. The number of hydrogen-bond acceptors (Lipinski definition) is 7. The van der Waals surface area contributed by atoms with Crippen molar-refractivity contribution in [3.8, 4) is 0 Å². The Morgan fingerprint density at radius 3 is 2.73 bits per heavy atom. The predicted molar refractivity (Wildman–Crippen MR) is 118 cm³/mol. The maximum atomic E-state index is 13.1. The quantitative estimate of drug-likeness (QED) is 0.525. The van der Waals surface area contributed by atoms with E-state index < -0.39 is 12.0 Å². The number of fused-ring (bicyclic) bond motifs is 1. The first-order valence-corrected chi connectivity index (χ1v) is 10.8. The first-order chi connectivity index (χ1) is 15.9. The molecule has 0 unspecified atom stereocenters. The molecule has 33 heavy (non-hydrogen) atoms. The zero-order chi connectivity index (χ0) is 23.5. The Balaban J connectivity index is 1.54. The van der Waals surface area contributed by atoms with Crippen LogP contribution in [0.1, 0.15) is 41.3 Å². The number of hydrogen-bond donors (Lipinski definition) is 0. The third kappa shape index (κ3) is 4.74. The minimum atomic E-state index is -0.600. The van der Waals surface area contributed by atoms with E-state index in [0.29, 0.717) is 25.1 Å². The summed E-state index contributed by atoms with van der Waals surface area (Å²) in [7, 11) is 4.69. The lowest BCUT2D eigenvalue weighted by atomic mass is 9.86. The molecule has 0 bridgehead atoms. The summed E-state index contributed by atoms with van der Waals surface area (Å²) in [5, 5.41) is 8.47. The van der Waals surface area contributed by atoms with Crippen molar-refractivity contribution in [2.75, 3.05) is 27.7 Å². The molecule has 1 fully saturated rings. The fourth-order valence-electron chi connectivity index (χ4n) is 4.25. The summed E-state index contributed by atoms with van der Waals surface area (Å²) in [6, 6.07) is 6.93. The van der Waals surface area contributed by atoms with Crippen LogP contribution in [0.4, 0.5) is 0 Å². The van der Waals surface area contributed by atoms with Gasteiger partial charge in [-0.1, -0.05) is 11.3 Å². The first-order valence-electron chi connectivity index (χ1n) is 10.8. The molecule has 2 aromatic heterocycles. The highest BCUT2D eigenvalue weighted by atomic mass is 16.5. The molecule has 0 aliphatic carbocycles. The molecule has 0 radical (unpaired) electrons. The summed E-state index contributed by atoms with van der Waals surface area (Å²) in [5.74, 6) is -0.399. The van der Waals surface area contributed by atoms with E-state index in [0.717, 1.165) is 17.4 Å². The standard InChI is InChI=1S/C23H27N5O5/c1-26(2)22(30)20-13-17-12-15(5-7-19(17)33-20)16-4-6-18(23(31)32-3)28(14-16)21(29)8-10-27-11-9-24-25-27/h5,7,9,11-13,16,18H,4,6,8,10,14H2,1-3H3/t16-,18-/m0/s1. The zero-order valence-corrected chi connectivity index (χ0v) is 18.9. The lowest BCUT2D eigenvalue weighted by Crippen LogP contribution is -2.50.